The van der Waals surface area contributed by atoms with Gasteiger partial charge in [0.25, 0.3) is 0 Å². The summed E-state index contributed by atoms with van der Waals surface area (Å²) in [5.41, 5.74) is 12.5. The Hall–Kier alpha value is -2.28. The van der Waals surface area contributed by atoms with Gasteiger partial charge < -0.3 is 5.73 Å². The summed E-state index contributed by atoms with van der Waals surface area (Å²) in [4.78, 5) is 0. The smallest absolute Gasteiger partial charge is 0.0321 e. The molecule has 0 atom stereocenters. The van der Waals surface area contributed by atoms with Crippen molar-refractivity contribution in [3.63, 3.8) is 0 Å². The highest BCUT2D eigenvalue weighted by molar-refractivity contribution is 6.06. The van der Waals surface area contributed by atoms with Gasteiger partial charge in [-0.2, -0.15) is 0 Å². The molecule has 0 saturated carbocycles. The van der Waals surface area contributed by atoms with Crippen LogP contribution >= 0.6 is 0 Å². The standard InChI is InChI=1S/C16H15N/c1-5-12-10(3)16-14(11(4)17)8-7-9-15(16)13(12)6-2/h5-9H,1-4,17H2. The van der Waals surface area contributed by atoms with Gasteiger partial charge in [-0.1, -0.05) is 56.7 Å². The van der Waals surface area contributed by atoms with Crippen LogP contribution in [0.15, 0.2) is 62.2 Å². The molecule has 1 heteroatoms. The van der Waals surface area contributed by atoms with Gasteiger partial charge in [-0.15, -0.1) is 0 Å². The van der Waals surface area contributed by atoms with Crippen molar-refractivity contribution >= 4 is 16.8 Å². The molecular formula is C16H15N. The minimum atomic E-state index is 0.553. The predicted molar refractivity (Wildman–Crippen MR) is 76.0 cm³/mol. The van der Waals surface area contributed by atoms with Crippen LogP contribution in [0, 0.1) is 0 Å². The molecule has 1 aromatic rings. The van der Waals surface area contributed by atoms with E-state index in [1.807, 2.05) is 30.4 Å². The third-order valence-corrected chi connectivity index (χ3v) is 3.03. The maximum Gasteiger partial charge on any atom is 0.0321 e. The first-order chi connectivity index (χ1) is 8.11. The molecule has 17 heavy (non-hydrogen) atoms. The van der Waals surface area contributed by atoms with E-state index < -0.39 is 0 Å². The summed E-state index contributed by atoms with van der Waals surface area (Å²) in [5.74, 6) is 0. The second kappa shape index (κ2) is 3.95. The lowest BCUT2D eigenvalue weighted by molar-refractivity contribution is 1.48. The van der Waals surface area contributed by atoms with Crippen LogP contribution in [0.1, 0.15) is 16.7 Å². The highest BCUT2D eigenvalue weighted by atomic mass is 14.6. The average molecular weight is 221 g/mol. The number of hydrogen-bond acceptors (Lipinski definition) is 1. The highest BCUT2D eigenvalue weighted by Crippen LogP contribution is 2.43. The van der Waals surface area contributed by atoms with E-state index in [0.717, 1.165) is 33.4 Å². The molecule has 0 unspecified atom stereocenters. The second-order valence-corrected chi connectivity index (χ2v) is 3.97. The first-order valence-corrected chi connectivity index (χ1v) is 5.38. The Morgan fingerprint density at radius 2 is 1.76 bits per heavy atom. The summed E-state index contributed by atoms with van der Waals surface area (Å²) in [6.07, 6.45) is 3.64. The Balaban J connectivity index is 2.80. The van der Waals surface area contributed by atoms with Gasteiger partial charge in [0.15, 0.2) is 0 Å². The van der Waals surface area contributed by atoms with Crippen molar-refractivity contribution in [2.45, 2.75) is 0 Å². The molecule has 2 rings (SSSR count). The zero-order chi connectivity index (χ0) is 12.6. The second-order valence-electron chi connectivity index (χ2n) is 3.97. The zero-order valence-electron chi connectivity index (χ0n) is 9.79. The lowest BCUT2D eigenvalue weighted by Gasteiger charge is -2.09. The van der Waals surface area contributed by atoms with Gasteiger partial charge in [0.05, 0.1) is 0 Å². The predicted octanol–water partition coefficient (Wildman–Crippen LogP) is 3.77. The monoisotopic (exact) mass is 221 g/mol. The van der Waals surface area contributed by atoms with E-state index in [0.29, 0.717) is 5.70 Å². The van der Waals surface area contributed by atoms with Crippen molar-refractivity contribution in [2.24, 2.45) is 5.73 Å². The summed E-state index contributed by atoms with van der Waals surface area (Å²) >= 11 is 0. The lowest BCUT2D eigenvalue weighted by atomic mass is 9.96. The number of allylic oxidation sites excluding steroid dienone is 5. The Bertz CT molecular complexity index is 586. The summed E-state index contributed by atoms with van der Waals surface area (Å²) in [7, 11) is 0. The topological polar surface area (TPSA) is 26.0 Å². The van der Waals surface area contributed by atoms with Crippen LogP contribution in [0.5, 0.6) is 0 Å². The summed E-state index contributed by atoms with van der Waals surface area (Å²) in [5, 5.41) is 0. The first kappa shape index (κ1) is 11.2. The van der Waals surface area contributed by atoms with Gasteiger partial charge in [0, 0.05) is 11.3 Å². The van der Waals surface area contributed by atoms with E-state index in [1.165, 1.54) is 0 Å². The quantitative estimate of drug-likeness (QED) is 0.826. The molecule has 1 aliphatic rings. The van der Waals surface area contributed by atoms with Crippen LogP contribution in [-0.2, 0) is 0 Å². The molecule has 0 aliphatic heterocycles. The molecule has 0 aromatic heterocycles. The van der Waals surface area contributed by atoms with Gasteiger partial charge in [-0.25, -0.2) is 0 Å². The molecule has 0 bridgehead atoms. The maximum absolute atomic E-state index is 5.82. The third-order valence-electron chi connectivity index (χ3n) is 3.03. The van der Waals surface area contributed by atoms with Crippen LogP contribution in [0.3, 0.4) is 0 Å². The first-order valence-electron chi connectivity index (χ1n) is 5.38. The molecule has 84 valence electrons. The van der Waals surface area contributed by atoms with Crippen molar-refractivity contribution in [1.82, 2.24) is 0 Å². The fraction of sp³-hybridized carbons (Fsp3) is 0. The minimum Gasteiger partial charge on any atom is -0.399 e. The Labute approximate surface area is 102 Å². The van der Waals surface area contributed by atoms with Gasteiger partial charge >= 0.3 is 0 Å². The molecule has 0 amide bonds. The Morgan fingerprint density at radius 3 is 2.29 bits per heavy atom. The number of benzene rings is 1. The molecule has 0 radical (unpaired) electrons. The normalized spacial score (nSPS) is 13.5. The average Bonchev–Trinajstić information content (AvgIpc) is 2.61. The SMILES string of the molecule is C=CC1=C(C=C)c2cccc(C(=C)N)c2C1=C. The number of fused-ring (bicyclic) bond motifs is 1. The van der Waals surface area contributed by atoms with Crippen LogP contribution in [0.25, 0.3) is 16.8 Å². The molecule has 0 fully saturated rings. The summed E-state index contributed by atoms with van der Waals surface area (Å²) in [6, 6.07) is 5.97. The molecule has 0 spiro atoms. The molecule has 1 nitrogen and oxygen atoms in total. The third kappa shape index (κ3) is 1.48. The van der Waals surface area contributed by atoms with E-state index in [9.17, 15) is 0 Å². The Morgan fingerprint density at radius 1 is 1.12 bits per heavy atom. The van der Waals surface area contributed by atoms with Crippen molar-refractivity contribution in [3.05, 3.63) is 78.9 Å². The van der Waals surface area contributed by atoms with Crippen molar-refractivity contribution in [2.75, 3.05) is 0 Å². The van der Waals surface area contributed by atoms with Gasteiger partial charge in [0.2, 0.25) is 0 Å². The fourth-order valence-electron chi connectivity index (χ4n) is 2.26. The molecule has 1 aliphatic carbocycles. The van der Waals surface area contributed by atoms with Crippen molar-refractivity contribution in [3.8, 4) is 0 Å². The number of hydrogen-bond donors (Lipinski definition) is 1. The van der Waals surface area contributed by atoms with Crippen molar-refractivity contribution in [1.29, 1.82) is 0 Å². The van der Waals surface area contributed by atoms with E-state index in [4.69, 9.17) is 5.73 Å². The lowest BCUT2D eigenvalue weighted by Crippen LogP contribution is -1.99. The van der Waals surface area contributed by atoms with Crippen molar-refractivity contribution < 1.29 is 0 Å². The molecule has 2 N–H and O–H groups in total. The number of rotatable bonds is 3. The number of nitrogens with two attached hydrogens (primary N) is 1. The van der Waals surface area contributed by atoms with E-state index in [2.05, 4.69) is 26.3 Å². The van der Waals surface area contributed by atoms with E-state index >= 15 is 0 Å². The van der Waals surface area contributed by atoms with Crippen LogP contribution in [0.2, 0.25) is 0 Å². The van der Waals surface area contributed by atoms with Gasteiger partial charge in [0.1, 0.15) is 0 Å². The van der Waals surface area contributed by atoms with E-state index in [1.54, 1.807) is 0 Å². The molecule has 0 heterocycles. The largest absolute Gasteiger partial charge is 0.399 e. The summed E-state index contributed by atoms with van der Waals surface area (Å²) in [6.45, 7) is 15.6. The minimum absolute atomic E-state index is 0.553. The Kier molecular flexibility index (Phi) is 2.60. The highest BCUT2D eigenvalue weighted by Gasteiger charge is 2.24. The fourth-order valence-corrected chi connectivity index (χ4v) is 2.26. The maximum atomic E-state index is 5.82. The van der Waals surface area contributed by atoms with Crippen LogP contribution in [-0.4, -0.2) is 0 Å². The molecule has 1 aromatic carbocycles. The molecule has 0 saturated heterocycles. The van der Waals surface area contributed by atoms with Gasteiger partial charge in [-0.05, 0) is 27.8 Å². The van der Waals surface area contributed by atoms with Crippen LogP contribution in [0.4, 0.5) is 0 Å². The van der Waals surface area contributed by atoms with Gasteiger partial charge in [-0.3, -0.25) is 0 Å². The zero-order valence-corrected chi connectivity index (χ0v) is 9.79. The molecular weight excluding hydrogens is 206 g/mol. The van der Waals surface area contributed by atoms with E-state index in [-0.39, 0.29) is 0 Å². The summed E-state index contributed by atoms with van der Waals surface area (Å²) < 4.78 is 0. The van der Waals surface area contributed by atoms with Crippen LogP contribution < -0.4 is 5.73 Å².